The molecule has 0 saturated heterocycles. The summed E-state index contributed by atoms with van der Waals surface area (Å²) in [5.74, 6) is -0.102. The molecule has 1 unspecified atom stereocenters. The maximum absolute atomic E-state index is 11.8. The minimum atomic E-state index is -0.129. The number of aromatic nitrogens is 3. The van der Waals surface area contributed by atoms with Gasteiger partial charge in [-0.1, -0.05) is 42.5 Å². The molecule has 0 aliphatic heterocycles. The molecule has 1 aromatic heterocycles. The van der Waals surface area contributed by atoms with Gasteiger partial charge in [0, 0.05) is 6.54 Å². The highest BCUT2D eigenvalue weighted by Crippen LogP contribution is 2.08. The number of hydrogen-bond acceptors (Lipinski definition) is 4. The molecule has 1 amide bonds. The highest BCUT2D eigenvalue weighted by atomic mass is 16.2. The van der Waals surface area contributed by atoms with Gasteiger partial charge < -0.3 is 11.1 Å². The van der Waals surface area contributed by atoms with Crippen LogP contribution in [0, 0.1) is 0 Å². The molecular weight excluding hydrogens is 254 g/mol. The maximum atomic E-state index is 11.8. The second-order valence-electron chi connectivity index (χ2n) is 4.62. The van der Waals surface area contributed by atoms with Gasteiger partial charge in [0.1, 0.15) is 6.54 Å². The number of amides is 1. The first-order chi connectivity index (χ1) is 9.69. The quantitative estimate of drug-likeness (QED) is 0.822. The predicted octanol–water partition coefficient (Wildman–Crippen LogP) is 1.00. The zero-order valence-electron chi connectivity index (χ0n) is 11.5. The molecule has 1 atom stereocenters. The molecule has 0 aliphatic rings. The molecule has 0 spiro atoms. The number of nitrogens with one attached hydrogen (secondary N) is 1. The van der Waals surface area contributed by atoms with Crippen molar-refractivity contribution in [1.82, 2.24) is 20.3 Å². The third kappa shape index (κ3) is 3.89. The Hall–Kier alpha value is -2.21. The van der Waals surface area contributed by atoms with E-state index in [1.807, 2.05) is 37.3 Å². The normalized spacial score (nSPS) is 12.1. The minimum absolute atomic E-state index is 0.102. The summed E-state index contributed by atoms with van der Waals surface area (Å²) in [4.78, 5) is 11.8. The summed E-state index contributed by atoms with van der Waals surface area (Å²) >= 11 is 0. The van der Waals surface area contributed by atoms with Gasteiger partial charge in [-0.3, -0.25) is 4.79 Å². The second-order valence-corrected chi connectivity index (χ2v) is 4.62. The molecule has 20 heavy (non-hydrogen) atoms. The van der Waals surface area contributed by atoms with Crippen LogP contribution < -0.4 is 11.1 Å². The summed E-state index contributed by atoms with van der Waals surface area (Å²) in [7, 11) is 0. The summed E-state index contributed by atoms with van der Waals surface area (Å²) in [6.45, 7) is 2.64. The molecular formula is C14H19N5O. The first-order valence-corrected chi connectivity index (χ1v) is 6.65. The lowest BCUT2D eigenvalue weighted by Gasteiger charge is -2.05. The largest absolute Gasteiger partial charge is 0.350 e. The molecule has 2 rings (SSSR count). The van der Waals surface area contributed by atoms with Crippen LogP contribution in [0.4, 0.5) is 0 Å². The Morgan fingerprint density at radius 3 is 2.85 bits per heavy atom. The van der Waals surface area contributed by atoms with Crippen LogP contribution in [0.25, 0.3) is 0 Å². The SMILES string of the molecule is CCC(N)c1cn(CC(=O)NCc2ccccc2)nn1. The van der Waals surface area contributed by atoms with Crippen molar-refractivity contribution >= 4 is 5.91 Å². The van der Waals surface area contributed by atoms with Crippen molar-refractivity contribution in [3.8, 4) is 0 Å². The molecule has 6 heteroatoms. The van der Waals surface area contributed by atoms with E-state index in [9.17, 15) is 4.79 Å². The molecule has 1 heterocycles. The third-order valence-corrected chi connectivity index (χ3v) is 3.01. The van der Waals surface area contributed by atoms with Gasteiger partial charge >= 0.3 is 0 Å². The average Bonchev–Trinajstić information content (AvgIpc) is 2.94. The number of hydrogen-bond donors (Lipinski definition) is 2. The molecule has 0 saturated carbocycles. The molecule has 3 N–H and O–H groups in total. The van der Waals surface area contributed by atoms with Gasteiger partial charge in [0.25, 0.3) is 0 Å². The zero-order chi connectivity index (χ0) is 14.4. The fraction of sp³-hybridized carbons (Fsp3) is 0.357. The predicted molar refractivity (Wildman–Crippen MR) is 75.5 cm³/mol. The van der Waals surface area contributed by atoms with E-state index < -0.39 is 0 Å². The Kier molecular flexibility index (Phi) is 4.84. The van der Waals surface area contributed by atoms with Gasteiger partial charge in [0.15, 0.2) is 0 Å². The van der Waals surface area contributed by atoms with E-state index in [0.717, 1.165) is 12.0 Å². The molecule has 0 fully saturated rings. The highest BCUT2D eigenvalue weighted by Gasteiger charge is 2.10. The van der Waals surface area contributed by atoms with E-state index in [-0.39, 0.29) is 18.5 Å². The fourth-order valence-electron chi connectivity index (χ4n) is 1.77. The zero-order valence-corrected chi connectivity index (χ0v) is 11.5. The van der Waals surface area contributed by atoms with Crippen LogP contribution in [-0.2, 0) is 17.9 Å². The van der Waals surface area contributed by atoms with E-state index in [0.29, 0.717) is 12.2 Å². The Balaban J connectivity index is 1.84. The Morgan fingerprint density at radius 2 is 2.15 bits per heavy atom. The summed E-state index contributed by atoms with van der Waals surface area (Å²) < 4.78 is 1.51. The first kappa shape index (κ1) is 14.2. The van der Waals surface area contributed by atoms with E-state index in [1.165, 1.54) is 4.68 Å². The van der Waals surface area contributed by atoms with Crippen molar-refractivity contribution in [2.24, 2.45) is 5.73 Å². The Morgan fingerprint density at radius 1 is 1.40 bits per heavy atom. The Labute approximate surface area is 118 Å². The molecule has 106 valence electrons. The maximum Gasteiger partial charge on any atom is 0.242 e. The molecule has 0 radical (unpaired) electrons. The van der Waals surface area contributed by atoms with Crippen LogP contribution in [0.15, 0.2) is 36.5 Å². The van der Waals surface area contributed by atoms with E-state index in [2.05, 4.69) is 15.6 Å². The van der Waals surface area contributed by atoms with Crippen LogP contribution in [-0.4, -0.2) is 20.9 Å². The van der Waals surface area contributed by atoms with Gasteiger partial charge in [0.05, 0.1) is 17.9 Å². The van der Waals surface area contributed by atoms with Crippen molar-refractivity contribution in [3.63, 3.8) is 0 Å². The van der Waals surface area contributed by atoms with Crippen LogP contribution in [0.2, 0.25) is 0 Å². The number of benzene rings is 1. The van der Waals surface area contributed by atoms with Crippen LogP contribution >= 0.6 is 0 Å². The lowest BCUT2D eigenvalue weighted by molar-refractivity contribution is -0.122. The van der Waals surface area contributed by atoms with Gasteiger partial charge in [-0.05, 0) is 12.0 Å². The molecule has 2 aromatic rings. The number of nitrogens with two attached hydrogens (primary N) is 1. The van der Waals surface area contributed by atoms with Gasteiger partial charge in [0.2, 0.25) is 5.91 Å². The van der Waals surface area contributed by atoms with Crippen LogP contribution in [0.3, 0.4) is 0 Å². The van der Waals surface area contributed by atoms with Crippen LogP contribution in [0.1, 0.15) is 30.6 Å². The molecule has 6 nitrogen and oxygen atoms in total. The van der Waals surface area contributed by atoms with Crippen LogP contribution in [0.5, 0.6) is 0 Å². The van der Waals surface area contributed by atoms with E-state index in [1.54, 1.807) is 6.20 Å². The second kappa shape index (κ2) is 6.81. The molecule has 0 aliphatic carbocycles. The van der Waals surface area contributed by atoms with Crippen molar-refractivity contribution in [1.29, 1.82) is 0 Å². The average molecular weight is 273 g/mol. The van der Waals surface area contributed by atoms with Crippen molar-refractivity contribution in [2.45, 2.75) is 32.5 Å². The molecule has 0 bridgehead atoms. The summed E-state index contributed by atoms with van der Waals surface area (Å²) in [6, 6.07) is 9.63. The highest BCUT2D eigenvalue weighted by molar-refractivity contribution is 5.75. The van der Waals surface area contributed by atoms with E-state index >= 15 is 0 Å². The van der Waals surface area contributed by atoms with Gasteiger partial charge in [-0.15, -0.1) is 5.10 Å². The minimum Gasteiger partial charge on any atom is -0.350 e. The standard InChI is InChI=1S/C14H19N5O/c1-2-12(15)13-9-19(18-17-13)10-14(20)16-8-11-6-4-3-5-7-11/h3-7,9,12H,2,8,10,15H2,1H3,(H,16,20). The van der Waals surface area contributed by atoms with Crippen molar-refractivity contribution in [3.05, 3.63) is 47.8 Å². The lowest BCUT2D eigenvalue weighted by Crippen LogP contribution is -2.27. The number of nitrogens with zero attached hydrogens (tertiary/aromatic N) is 3. The number of carbonyl (C=O) groups excluding carboxylic acids is 1. The molecule has 1 aromatic carbocycles. The van der Waals surface area contributed by atoms with Gasteiger partial charge in [-0.25, -0.2) is 4.68 Å². The van der Waals surface area contributed by atoms with Crippen molar-refractivity contribution < 1.29 is 4.79 Å². The topological polar surface area (TPSA) is 85.8 Å². The monoisotopic (exact) mass is 273 g/mol. The summed E-state index contributed by atoms with van der Waals surface area (Å²) in [5.41, 5.74) is 7.63. The number of carbonyl (C=O) groups is 1. The van der Waals surface area contributed by atoms with Crippen molar-refractivity contribution in [2.75, 3.05) is 0 Å². The van der Waals surface area contributed by atoms with E-state index in [4.69, 9.17) is 5.73 Å². The fourth-order valence-corrected chi connectivity index (χ4v) is 1.77. The summed E-state index contributed by atoms with van der Waals surface area (Å²) in [6.07, 6.45) is 2.51. The third-order valence-electron chi connectivity index (χ3n) is 3.01. The number of rotatable bonds is 6. The Bertz CT molecular complexity index is 552. The van der Waals surface area contributed by atoms with Gasteiger partial charge in [-0.2, -0.15) is 0 Å². The smallest absolute Gasteiger partial charge is 0.242 e. The summed E-state index contributed by atoms with van der Waals surface area (Å²) in [5, 5.41) is 10.7. The lowest BCUT2D eigenvalue weighted by atomic mass is 10.2. The first-order valence-electron chi connectivity index (χ1n) is 6.65.